The Bertz CT molecular complexity index is 409. The summed E-state index contributed by atoms with van der Waals surface area (Å²) in [4.78, 5) is 23.5. The monoisotopic (exact) mass is 506 g/mol. The summed E-state index contributed by atoms with van der Waals surface area (Å²) in [6, 6.07) is 0. The van der Waals surface area contributed by atoms with Crippen molar-refractivity contribution in [3.63, 3.8) is 0 Å². The van der Waals surface area contributed by atoms with Crippen LogP contribution in [0, 0.1) is 0 Å². The number of carbonyl (C=O) groups excluding carboxylic acids is 2. The second kappa shape index (κ2) is 32.0. The van der Waals surface area contributed by atoms with E-state index < -0.39 is 0 Å². The number of unbranched alkanes of at least 4 members (excludes halogenated alkanes) is 20. The Morgan fingerprint density at radius 2 is 0.657 bits per heavy atom. The normalized spacial score (nSPS) is 10.7. The van der Waals surface area contributed by atoms with Gasteiger partial charge in [-0.1, -0.05) is 142 Å². The van der Waals surface area contributed by atoms with Crippen molar-refractivity contribution in [2.75, 3.05) is 13.2 Å². The summed E-state index contributed by atoms with van der Waals surface area (Å²) in [7, 11) is 0. The van der Waals surface area contributed by atoms with Crippen LogP contribution in [-0.2, 0) is 19.1 Å². The molecule has 0 amide bonds. The van der Waals surface area contributed by atoms with Gasteiger partial charge in [0, 0.05) is 0 Å². The molecule has 35 heavy (non-hydrogen) atoms. The molecule has 0 fully saturated rings. The van der Waals surface area contributed by atoms with Crippen LogP contribution in [0.3, 0.4) is 0 Å². The first-order chi connectivity index (χ1) is 16.7. The topological polar surface area (TPSA) is 52.6 Å². The molecule has 0 saturated heterocycles. The predicted molar refractivity (Wildman–Crippen MR) is 145 cm³/mol. The third-order valence-corrected chi connectivity index (χ3v) is 6.56. The largest absolute Gasteiger partial charge is 1.00 e. The first kappa shape index (κ1) is 37.1. The van der Waals surface area contributed by atoms with E-state index in [2.05, 4.69) is 13.8 Å². The van der Waals surface area contributed by atoms with E-state index >= 15 is 0 Å². The van der Waals surface area contributed by atoms with Gasteiger partial charge in [0.25, 0.3) is 0 Å². The van der Waals surface area contributed by atoms with Gasteiger partial charge in [-0.15, -0.1) is 0 Å². The molecular formula is C30H59NaO4. The number of hydrogen-bond acceptors (Lipinski definition) is 4. The summed E-state index contributed by atoms with van der Waals surface area (Å²) in [6.07, 6.45) is 28.4. The van der Waals surface area contributed by atoms with Gasteiger partial charge in [0.15, 0.2) is 0 Å². The average molecular weight is 507 g/mol. The summed E-state index contributed by atoms with van der Waals surface area (Å²) in [5, 5.41) is 0. The maximum atomic E-state index is 11.8. The fraction of sp³-hybridized carbons (Fsp3) is 0.933. The number of hydrogen-bond donors (Lipinski definition) is 0. The van der Waals surface area contributed by atoms with Crippen molar-refractivity contribution in [1.82, 2.24) is 0 Å². The quantitative estimate of drug-likeness (QED) is 0.0716. The minimum atomic E-state index is -0.279. The van der Waals surface area contributed by atoms with Gasteiger partial charge in [0.1, 0.15) is 0 Å². The number of esters is 2. The van der Waals surface area contributed by atoms with Crippen molar-refractivity contribution in [1.29, 1.82) is 0 Å². The SMILES string of the molecule is CCCCCCCCCCCCCOC(=O)CCC(=O)OCCCCCCCCCCCCC.[H-].[Na+]. The zero-order chi connectivity index (χ0) is 25.0. The molecule has 0 aromatic carbocycles. The van der Waals surface area contributed by atoms with Crippen molar-refractivity contribution in [3.8, 4) is 0 Å². The molecule has 5 heteroatoms. The number of carbonyl (C=O) groups is 2. The summed E-state index contributed by atoms with van der Waals surface area (Å²) in [5.74, 6) is -0.558. The van der Waals surface area contributed by atoms with Crippen LogP contribution in [0.5, 0.6) is 0 Å². The van der Waals surface area contributed by atoms with Crippen molar-refractivity contribution in [3.05, 3.63) is 0 Å². The van der Waals surface area contributed by atoms with Gasteiger partial charge in [0.05, 0.1) is 26.1 Å². The molecule has 0 rings (SSSR count). The van der Waals surface area contributed by atoms with Crippen LogP contribution in [0.1, 0.15) is 169 Å². The zero-order valence-corrected chi connectivity index (χ0v) is 26.0. The summed E-state index contributed by atoms with van der Waals surface area (Å²) in [6.45, 7) is 5.46. The molecule has 4 nitrogen and oxygen atoms in total. The van der Waals surface area contributed by atoms with Crippen LogP contribution >= 0.6 is 0 Å². The van der Waals surface area contributed by atoms with Gasteiger partial charge in [-0.3, -0.25) is 9.59 Å². The molecule has 0 spiro atoms. The van der Waals surface area contributed by atoms with Gasteiger partial charge < -0.3 is 10.9 Å². The van der Waals surface area contributed by atoms with Crippen LogP contribution in [0.4, 0.5) is 0 Å². The Morgan fingerprint density at radius 3 is 0.914 bits per heavy atom. The van der Waals surface area contributed by atoms with E-state index in [1.165, 1.54) is 116 Å². The van der Waals surface area contributed by atoms with Crippen molar-refractivity contribution in [2.45, 2.75) is 168 Å². The Hall–Kier alpha value is -0.0600. The van der Waals surface area contributed by atoms with E-state index in [0.29, 0.717) is 13.2 Å². The molecule has 0 heterocycles. The van der Waals surface area contributed by atoms with Gasteiger partial charge in [-0.2, -0.15) is 0 Å². The second-order valence-electron chi connectivity index (χ2n) is 10.0. The molecule has 0 radical (unpaired) electrons. The Kier molecular flexibility index (Phi) is 33.9. The van der Waals surface area contributed by atoms with Crippen LogP contribution in [0.15, 0.2) is 0 Å². The van der Waals surface area contributed by atoms with Crippen molar-refractivity contribution in [2.24, 2.45) is 0 Å². The van der Waals surface area contributed by atoms with E-state index in [1.54, 1.807) is 0 Å². The molecule has 0 unspecified atom stereocenters. The summed E-state index contributed by atoms with van der Waals surface area (Å²) < 4.78 is 10.5. The number of ether oxygens (including phenoxy) is 2. The average Bonchev–Trinajstić information content (AvgIpc) is 2.84. The molecular weight excluding hydrogens is 447 g/mol. The van der Waals surface area contributed by atoms with E-state index in [0.717, 1.165) is 25.7 Å². The first-order valence-corrected chi connectivity index (χ1v) is 15.0. The van der Waals surface area contributed by atoms with Crippen LogP contribution in [-0.4, -0.2) is 25.2 Å². The minimum absolute atomic E-state index is 0. The number of rotatable bonds is 27. The molecule has 0 aromatic rings. The fourth-order valence-electron chi connectivity index (χ4n) is 4.25. The standard InChI is InChI=1S/C30H58O4.Na.H/c1-3-5-7-9-11-13-15-17-19-21-23-27-33-29(31)25-26-30(32)34-28-24-22-20-18-16-14-12-10-8-6-4-2;;/h3-28H2,1-2H3;;/q;+1;-1. The fourth-order valence-corrected chi connectivity index (χ4v) is 4.25. The predicted octanol–water partition coefficient (Wildman–Crippen LogP) is 6.59. The van der Waals surface area contributed by atoms with Crippen molar-refractivity contribution >= 4 is 11.9 Å². The van der Waals surface area contributed by atoms with Crippen LogP contribution < -0.4 is 29.6 Å². The second-order valence-corrected chi connectivity index (χ2v) is 10.0. The Labute approximate surface area is 242 Å². The molecule has 0 aliphatic heterocycles. The smallest absolute Gasteiger partial charge is 1.00 e. The van der Waals surface area contributed by atoms with Gasteiger partial charge in [-0.25, -0.2) is 0 Å². The van der Waals surface area contributed by atoms with E-state index in [1.807, 2.05) is 0 Å². The Balaban J connectivity index is -0.00000544. The molecule has 0 aliphatic carbocycles. The Morgan fingerprint density at radius 1 is 0.429 bits per heavy atom. The third-order valence-electron chi connectivity index (χ3n) is 6.56. The van der Waals surface area contributed by atoms with Gasteiger partial charge in [-0.05, 0) is 12.8 Å². The van der Waals surface area contributed by atoms with Gasteiger partial charge in [0.2, 0.25) is 0 Å². The maximum Gasteiger partial charge on any atom is 1.00 e. The molecule has 0 aliphatic rings. The summed E-state index contributed by atoms with van der Waals surface area (Å²) >= 11 is 0. The third kappa shape index (κ3) is 31.9. The van der Waals surface area contributed by atoms with Crippen molar-refractivity contribution < 1.29 is 50.0 Å². The molecule has 0 N–H and O–H groups in total. The van der Waals surface area contributed by atoms with Gasteiger partial charge >= 0.3 is 41.5 Å². The first-order valence-electron chi connectivity index (χ1n) is 15.0. The maximum absolute atomic E-state index is 11.8. The molecule has 0 saturated carbocycles. The minimum Gasteiger partial charge on any atom is -1.00 e. The molecule has 0 bridgehead atoms. The van der Waals surface area contributed by atoms with Crippen LogP contribution in [0.2, 0.25) is 0 Å². The molecule has 0 atom stereocenters. The van der Waals surface area contributed by atoms with E-state index in [9.17, 15) is 9.59 Å². The zero-order valence-electron chi connectivity index (χ0n) is 25.0. The van der Waals surface area contributed by atoms with E-state index in [-0.39, 0.29) is 55.8 Å². The molecule has 0 aromatic heterocycles. The molecule has 204 valence electrons. The van der Waals surface area contributed by atoms with Crippen LogP contribution in [0.25, 0.3) is 0 Å². The summed E-state index contributed by atoms with van der Waals surface area (Å²) in [5.41, 5.74) is 0. The van der Waals surface area contributed by atoms with E-state index in [4.69, 9.17) is 9.47 Å².